The van der Waals surface area contributed by atoms with E-state index in [4.69, 9.17) is 4.74 Å². The fourth-order valence-electron chi connectivity index (χ4n) is 5.68. The topological polar surface area (TPSA) is 91.1 Å². The number of aromatic amines is 1. The first kappa shape index (κ1) is 23.4. The molecule has 1 saturated carbocycles. The van der Waals surface area contributed by atoms with Crippen LogP contribution in [0.15, 0.2) is 66.3 Å². The molecule has 5 rings (SSSR count). The summed E-state index contributed by atoms with van der Waals surface area (Å²) in [6.45, 7) is 9.53. The largest absolute Gasteiger partial charge is 0.492 e. The van der Waals surface area contributed by atoms with E-state index in [-0.39, 0.29) is 5.91 Å². The Balaban J connectivity index is 1.21. The molecule has 7 heteroatoms. The van der Waals surface area contributed by atoms with Gasteiger partial charge in [-0.15, -0.1) is 0 Å². The number of hydrogen-bond donors (Lipinski definition) is 4. The Bertz CT molecular complexity index is 1130. The lowest BCUT2D eigenvalue weighted by atomic mass is 9.60. The van der Waals surface area contributed by atoms with E-state index in [1.54, 1.807) is 6.20 Å². The highest BCUT2D eigenvalue weighted by atomic mass is 16.5. The van der Waals surface area contributed by atoms with Gasteiger partial charge in [0.1, 0.15) is 5.76 Å². The number of H-pyrrole nitrogens is 1. The number of ether oxygens (including phenoxy) is 1. The molecule has 0 unspecified atom stereocenters. The van der Waals surface area contributed by atoms with Crippen molar-refractivity contribution in [2.45, 2.75) is 51.6 Å². The predicted octanol–water partition coefficient (Wildman–Crippen LogP) is 4.05. The molecule has 4 N–H and O–H groups in total. The summed E-state index contributed by atoms with van der Waals surface area (Å²) in [6, 6.07) is 8.20. The van der Waals surface area contributed by atoms with E-state index in [2.05, 4.69) is 45.7 Å². The van der Waals surface area contributed by atoms with Crippen LogP contribution in [-0.2, 0) is 11.3 Å². The third-order valence-electron chi connectivity index (χ3n) is 7.69. The average molecular weight is 474 g/mol. The summed E-state index contributed by atoms with van der Waals surface area (Å²) in [5.41, 5.74) is 6.36. The molecule has 2 aliphatic heterocycles. The molecular formula is C28H35N5O2. The normalized spacial score (nSPS) is 22.2. The number of carbonyl (C=O) groups is 1. The van der Waals surface area contributed by atoms with Gasteiger partial charge in [-0.3, -0.25) is 9.89 Å². The van der Waals surface area contributed by atoms with Crippen LogP contribution in [-0.4, -0.2) is 41.8 Å². The first-order valence-electron chi connectivity index (χ1n) is 12.6. The first-order chi connectivity index (χ1) is 17.1. The fraction of sp³-hybridized carbons (Fsp3) is 0.429. The summed E-state index contributed by atoms with van der Waals surface area (Å²) in [5.74, 6) is 0.882. The van der Waals surface area contributed by atoms with Gasteiger partial charge < -0.3 is 20.7 Å². The van der Waals surface area contributed by atoms with E-state index < -0.39 is 0 Å². The maximum atomic E-state index is 12.9. The summed E-state index contributed by atoms with van der Waals surface area (Å²) < 4.78 is 5.97. The van der Waals surface area contributed by atoms with E-state index in [1.807, 2.05) is 30.5 Å². The van der Waals surface area contributed by atoms with Crippen molar-refractivity contribution < 1.29 is 9.53 Å². The van der Waals surface area contributed by atoms with Crippen LogP contribution in [0, 0.1) is 5.41 Å². The maximum Gasteiger partial charge on any atom is 0.251 e. The molecule has 0 atom stereocenters. The van der Waals surface area contributed by atoms with Gasteiger partial charge in [0.2, 0.25) is 0 Å². The molecule has 0 bridgehead atoms. The SMILES string of the molecule is C=C/C(=C1/OCC/C1=C(/C)NCc1cccc(C(=O)NC2CC3(CCNCC3)C2)c1)c1cn[nH]c1. The van der Waals surface area contributed by atoms with Gasteiger partial charge in [-0.25, -0.2) is 0 Å². The number of amides is 1. The van der Waals surface area contributed by atoms with E-state index in [1.165, 1.54) is 12.8 Å². The van der Waals surface area contributed by atoms with E-state index in [0.717, 1.165) is 71.6 Å². The molecule has 35 heavy (non-hydrogen) atoms. The molecule has 1 spiro atoms. The zero-order valence-electron chi connectivity index (χ0n) is 20.5. The number of nitrogens with one attached hydrogen (secondary N) is 4. The van der Waals surface area contributed by atoms with E-state index in [9.17, 15) is 4.79 Å². The van der Waals surface area contributed by atoms with Crippen molar-refractivity contribution in [2.75, 3.05) is 19.7 Å². The Hall–Kier alpha value is -3.32. The van der Waals surface area contributed by atoms with Crippen LogP contribution >= 0.6 is 0 Å². The van der Waals surface area contributed by atoms with Crippen LogP contribution in [0.5, 0.6) is 0 Å². The smallest absolute Gasteiger partial charge is 0.251 e. The number of hydrogen-bond acceptors (Lipinski definition) is 5. The van der Waals surface area contributed by atoms with Crippen LogP contribution in [0.4, 0.5) is 0 Å². The van der Waals surface area contributed by atoms with Crippen LogP contribution in [0.1, 0.15) is 60.5 Å². The summed E-state index contributed by atoms with van der Waals surface area (Å²) in [6.07, 6.45) is 11.0. The second kappa shape index (κ2) is 10.1. The van der Waals surface area contributed by atoms with Gasteiger partial charge in [-0.2, -0.15) is 5.10 Å². The second-order valence-electron chi connectivity index (χ2n) is 10.0. The molecule has 3 heterocycles. The molecule has 7 nitrogen and oxygen atoms in total. The Morgan fingerprint density at radius 2 is 2.11 bits per heavy atom. The highest BCUT2D eigenvalue weighted by Crippen LogP contribution is 2.47. The number of piperidine rings is 1. The zero-order valence-corrected chi connectivity index (χ0v) is 20.5. The van der Waals surface area contributed by atoms with E-state index >= 15 is 0 Å². The highest BCUT2D eigenvalue weighted by Gasteiger charge is 2.44. The van der Waals surface area contributed by atoms with Gasteiger partial charge >= 0.3 is 0 Å². The molecule has 184 valence electrons. The molecule has 1 aromatic heterocycles. The molecule has 2 saturated heterocycles. The Morgan fingerprint density at radius 3 is 2.86 bits per heavy atom. The van der Waals surface area contributed by atoms with Crippen molar-refractivity contribution in [2.24, 2.45) is 5.41 Å². The van der Waals surface area contributed by atoms with Crippen molar-refractivity contribution in [1.29, 1.82) is 0 Å². The second-order valence-corrected chi connectivity index (χ2v) is 10.0. The van der Waals surface area contributed by atoms with Gasteiger partial charge in [-0.1, -0.05) is 24.8 Å². The summed E-state index contributed by atoms with van der Waals surface area (Å²) in [4.78, 5) is 12.9. The lowest BCUT2D eigenvalue weighted by Crippen LogP contribution is -2.54. The first-order valence-corrected chi connectivity index (χ1v) is 12.6. The predicted molar refractivity (Wildman–Crippen MR) is 137 cm³/mol. The Labute approximate surface area is 207 Å². The van der Waals surface area contributed by atoms with Crippen molar-refractivity contribution in [3.8, 4) is 0 Å². The monoisotopic (exact) mass is 473 g/mol. The van der Waals surface area contributed by atoms with Crippen LogP contribution < -0.4 is 16.0 Å². The molecule has 3 fully saturated rings. The van der Waals surface area contributed by atoms with E-state index in [0.29, 0.717) is 24.6 Å². The highest BCUT2D eigenvalue weighted by molar-refractivity contribution is 5.94. The average Bonchev–Trinajstić information content (AvgIpc) is 3.56. The Kier molecular flexibility index (Phi) is 6.77. The number of rotatable bonds is 7. The van der Waals surface area contributed by atoms with Crippen molar-refractivity contribution in [3.63, 3.8) is 0 Å². The molecule has 1 aliphatic carbocycles. The summed E-state index contributed by atoms with van der Waals surface area (Å²) >= 11 is 0. The van der Waals surface area contributed by atoms with Crippen LogP contribution in [0.2, 0.25) is 0 Å². The minimum absolute atomic E-state index is 0.0286. The van der Waals surface area contributed by atoms with Crippen LogP contribution in [0.3, 0.4) is 0 Å². The zero-order chi connectivity index (χ0) is 24.3. The Morgan fingerprint density at radius 1 is 1.29 bits per heavy atom. The lowest BCUT2D eigenvalue weighted by molar-refractivity contribution is 0.0423. The van der Waals surface area contributed by atoms with Crippen LogP contribution in [0.25, 0.3) is 5.57 Å². The maximum absolute atomic E-state index is 12.9. The van der Waals surface area contributed by atoms with Gasteiger partial charge in [0.05, 0.1) is 12.8 Å². The number of nitrogens with zero attached hydrogens (tertiary/aromatic N) is 1. The molecule has 1 amide bonds. The van der Waals surface area contributed by atoms with Crippen molar-refractivity contribution in [1.82, 2.24) is 26.1 Å². The summed E-state index contributed by atoms with van der Waals surface area (Å²) in [7, 11) is 0. The third-order valence-corrected chi connectivity index (χ3v) is 7.69. The number of carbonyl (C=O) groups excluding carboxylic acids is 1. The number of aromatic nitrogens is 2. The van der Waals surface area contributed by atoms with Gasteiger partial charge in [0.15, 0.2) is 0 Å². The number of benzene rings is 1. The number of allylic oxidation sites excluding steroid dienone is 4. The standard InChI is InChI=1S/C28H35N5O2/c1-3-24(22-17-31-32-18-22)26-25(7-12-35-26)19(2)30-16-20-5-4-6-21(13-20)27(34)33-23-14-28(15-23)8-10-29-11-9-28/h3-6,13,17-18,23,29-30H,1,7-12,14-16H2,2H3,(H,31,32)(H,33,34)/b25-19+,26-24-. The lowest BCUT2D eigenvalue weighted by Gasteiger charge is -2.50. The minimum atomic E-state index is 0.0286. The molecule has 2 aromatic rings. The quantitative estimate of drug-likeness (QED) is 0.487. The molecule has 1 aromatic carbocycles. The summed E-state index contributed by atoms with van der Waals surface area (Å²) in [5, 5.41) is 17.1. The third kappa shape index (κ3) is 5.05. The van der Waals surface area contributed by atoms with Gasteiger partial charge in [0.25, 0.3) is 5.91 Å². The van der Waals surface area contributed by atoms with Crippen molar-refractivity contribution >= 4 is 11.5 Å². The fourth-order valence-corrected chi connectivity index (χ4v) is 5.68. The van der Waals surface area contributed by atoms with Crippen molar-refractivity contribution in [3.05, 3.63) is 83.0 Å². The molecular weight excluding hydrogens is 438 g/mol. The minimum Gasteiger partial charge on any atom is -0.492 e. The molecule has 3 aliphatic rings. The van der Waals surface area contributed by atoms with Gasteiger partial charge in [-0.05, 0) is 68.8 Å². The molecule has 0 radical (unpaired) electrons. The van der Waals surface area contributed by atoms with Gasteiger partial charge in [0, 0.05) is 53.2 Å².